The van der Waals surface area contributed by atoms with Crippen molar-refractivity contribution in [3.05, 3.63) is 41.8 Å². The van der Waals surface area contributed by atoms with E-state index in [1.54, 1.807) is 11.8 Å². The van der Waals surface area contributed by atoms with Crippen molar-refractivity contribution in [2.24, 2.45) is 5.92 Å². The summed E-state index contributed by atoms with van der Waals surface area (Å²) in [6.07, 6.45) is -0.174. The van der Waals surface area contributed by atoms with Crippen molar-refractivity contribution in [1.82, 2.24) is 20.1 Å². The zero-order valence-corrected chi connectivity index (χ0v) is 15.7. The van der Waals surface area contributed by atoms with E-state index in [2.05, 4.69) is 34.0 Å². The van der Waals surface area contributed by atoms with Crippen LogP contribution in [-0.2, 0) is 10.5 Å². The standard InChI is InChI=1S/C18H22N4O2S/c1-11(2)9-23-12(3)17-21-16(24-22-17)10-25-18-14-7-5-6-8-15(14)19-13(4)20-18/h5-8,11-12H,9-10H2,1-4H3/t12-/m1/s1. The Kier molecular flexibility index (Phi) is 5.65. The van der Waals surface area contributed by atoms with Gasteiger partial charge in [0.25, 0.3) is 0 Å². The Morgan fingerprint density at radius 2 is 1.92 bits per heavy atom. The van der Waals surface area contributed by atoms with Crippen LogP contribution in [0.4, 0.5) is 0 Å². The lowest BCUT2D eigenvalue weighted by Gasteiger charge is -2.10. The minimum Gasteiger partial charge on any atom is -0.370 e. The second-order valence-corrected chi connectivity index (χ2v) is 7.26. The monoisotopic (exact) mass is 358 g/mol. The van der Waals surface area contributed by atoms with Crippen LogP contribution >= 0.6 is 11.8 Å². The molecule has 2 heterocycles. The van der Waals surface area contributed by atoms with Gasteiger partial charge in [-0.25, -0.2) is 9.97 Å². The van der Waals surface area contributed by atoms with Gasteiger partial charge in [0.15, 0.2) is 5.82 Å². The summed E-state index contributed by atoms with van der Waals surface area (Å²) in [6, 6.07) is 7.99. The molecular weight excluding hydrogens is 336 g/mol. The highest BCUT2D eigenvalue weighted by Crippen LogP contribution is 2.28. The van der Waals surface area contributed by atoms with E-state index in [0.717, 1.165) is 21.8 Å². The normalized spacial score (nSPS) is 12.8. The molecule has 2 aromatic heterocycles. The van der Waals surface area contributed by atoms with Gasteiger partial charge in [-0.1, -0.05) is 49.0 Å². The predicted octanol–water partition coefficient (Wildman–Crippen LogP) is 4.35. The summed E-state index contributed by atoms with van der Waals surface area (Å²) in [6.45, 7) is 8.73. The second-order valence-electron chi connectivity index (χ2n) is 6.30. The van der Waals surface area contributed by atoms with Gasteiger partial charge in [-0.15, -0.1) is 0 Å². The van der Waals surface area contributed by atoms with E-state index in [0.29, 0.717) is 30.0 Å². The number of hydrogen-bond acceptors (Lipinski definition) is 7. The summed E-state index contributed by atoms with van der Waals surface area (Å²) in [5.41, 5.74) is 0.944. The third-order valence-corrected chi connectivity index (χ3v) is 4.52. The van der Waals surface area contributed by atoms with Crippen molar-refractivity contribution < 1.29 is 9.26 Å². The molecule has 7 heteroatoms. The highest BCUT2D eigenvalue weighted by molar-refractivity contribution is 7.98. The van der Waals surface area contributed by atoms with Gasteiger partial charge < -0.3 is 9.26 Å². The molecule has 0 aliphatic rings. The maximum absolute atomic E-state index is 5.73. The fraction of sp³-hybridized carbons (Fsp3) is 0.444. The highest BCUT2D eigenvalue weighted by atomic mass is 32.2. The summed E-state index contributed by atoms with van der Waals surface area (Å²) in [4.78, 5) is 13.4. The Morgan fingerprint density at radius 1 is 1.12 bits per heavy atom. The summed E-state index contributed by atoms with van der Waals surface area (Å²) in [5.74, 6) is 2.94. The Hall–Kier alpha value is -1.99. The third-order valence-electron chi connectivity index (χ3n) is 3.54. The number of hydrogen-bond donors (Lipinski definition) is 0. The molecule has 0 saturated carbocycles. The van der Waals surface area contributed by atoms with Crippen molar-refractivity contribution in [3.8, 4) is 0 Å². The smallest absolute Gasteiger partial charge is 0.237 e. The fourth-order valence-electron chi connectivity index (χ4n) is 2.30. The first-order valence-electron chi connectivity index (χ1n) is 8.33. The van der Waals surface area contributed by atoms with Crippen molar-refractivity contribution in [2.75, 3.05) is 6.61 Å². The van der Waals surface area contributed by atoms with Gasteiger partial charge in [0.05, 0.1) is 11.3 Å². The number of fused-ring (bicyclic) bond motifs is 1. The average molecular weight is 358 g/mol. The number of aryl methyl sites for hydroxylation is 1. The summed E-state index contributed by atoms with van der Waals surface area (Å²) in [5, 5.41) is 5.99. The summed E-state index contributed by atoms with van der Waals surface area (Å²) in [7, 11) is 0. The van der Waals surface area contributed by atoms with Gasteiger partial charge in [0, 0.05) is 12.0 Å². The van der Waals surface area contributed by atoms with E-state index in [9.17, 15) is 0 Å². The van der Waals surface area contributed by atoms with Crippen LogP contribution in [0, 0.1) is 12.8 Å². The molecule has 0 aliphatic carbocycles. The second kappa shape index (κ2) is 7.93. The number of rotatable bonds is 7. The first kappa shape index (κ1) is 17.8. The molecule has 0 saturated heterocycles. The van der Waals surface area contributed by atoms with Crippen LogP contribution in [0.1, 0.15) is 44.4 Å². The molecule has 0 bridgehead atoms. The molecule has 0 spiro atoms. The lowest BCUT2D eigenvalue weighted by atomic mass is 10.2. The molecule has 6 nitrogen and oxygen atoms in total. The molecule has 132 valence electrons. The minimum absolute atomic E-state index is 0.174. The topological polar surface area (TPSA) is 73.9 Å². The Morgan fingerprint density at radius 3 is 2.72 bits per heavy atom. The van der Waals surface area contributed by atoms with E-state index in [4.69, 9.17) is 9.26 Å². The maximum atomic E-state index is 5.73. The van der Waals surface area contributed by atoms with Crippen molar-refractivity contribution >= 4 is 22.7 Å². The molecule has 0 radical (unpaired) electrons. The average Bonchev–Trinajstić information content (AvgIpc) is 3.06. The highest BCUT2D eigenvalue weighted by Gasteiger charge is 2.16. The van der Waals surface area contributed by atoms with Gasteiger partial charge in [-0.05, 0) is 25.8 Å². The zero-order valence-electron chi connectivity index (χ0n) is 14.9. The number of ether oxygens (including phenoxy) is 1. The number of thioether (sulfide) groups is 1. The predicted molar refractivity (Wildman–Crippen MR) is 97.3 cm³/mol. The summed E-state index contributed by atoms with van der Waals surface area (Å²) < 4.78 is 11.1. The molecule has 0 fully saturated rings. The molecule has 3 aromatic rings. The van der Waals surface area contributed by atoms with E-state index in [1.807, 2.05) is 38.1 Å². The van der Waals surface area contributed by atoms with Crippen molar-refractivity contribution in [2.45, 2.75) is 44.6 Å². The van der Waals surface area contributed by atoms with Crippen LogP contribution in [0.15, 0.2) is 33.8 Å². The minimum atomic E-state index is -0.174. The van der Waals surface area contributed by atoms with E-state index < -0.39 is 0 Å². The van der Waals surface area contributed by atoms with Crippen LogP contribution in [0.2, 0.25) is 0 Å². The number of para-hydroxylation sites is 1. The Balaban J connectivity index is 1.69. The van der Waals surface area contributed by atoms with Crippen LogP contribution in [0.25, 0.3) is 10.9 Å². The third kappa shape index (κ3) is 4.55. The number of benzene rings is 1. The van der Waals surface area contributed by atoms with Crippen LogP contribution in [0.5, 0.6) is 0 Å². The van der Waals surface area contributed by atoms with Crippen LogP contribution in [-0.4, -0.2) is 26.7 Å². The van der Waals surface area contributed by atoms with E-state index in [1.165, 1.54) is 0 Å². The molecular formula is C18H22N4O2S. The van der Waals surface area contributed by atoms with Gasteiger partial charge in [-0.3, -0.25) is 0 Å². The largest absolute Gasteiger partial charge is 0.370 e. The fourth-order valence-corrected chi connectivity index (χ4v) is 3.20. The molecule has 0 aliphatic heterocycles. The van der Waals surface area contributed by atoms with Crippen molar-refractivity contribution in [3.63, 3.8) is 0 Å². The van der Waals surface area contributed by atoms with E-state index in [-0.39, 0.29) is 6.10 Å². The first-order valence-corrected chi connectivity index (χ1v) is 9.31. The molecule has 0 amide bonds. The molecule has 0 unspecified atom stereocenters. The van der Waals surface area contributed by atoms with Crippen LogP contribution < -0.4 is 0 Å². The lowest BCUT2D eigenvalue weighted by Crippen LogP contribution is -2.07. The van der Waals surface area contributed by atoms with Gasteiger partial charge in [-0.2, -0.15) is 4.98 Å². The number of nitrogens with zero attached hydrogens (tertiary/aromatic N) is 4. The molecule has 0 N–H and O–H groups in total. The Labute approximate surface area is 151 Å². The van der Waals surface area contributed by atoms with Crippen molar-refractivity contribution in [1.29, 1.82) is 0 Å². The summed E-state index contributed by atoms with van der Waals surface area (Å²) >= 11 is 1.57. The van der Waals surface area contributed by atoms with Gasteiger partial charge >= 0.3 is 0 Å². The Bertz CT molecular complexity index is 850. The van der Waals surface area contributed by atoms with Crippen LogP contribution in [0.3, 0.4) is 0 Å². The molecule has 1 aromatic carbocycles. The quantitative estimate of drug-likeness (QED) is 0.459. The molecule has 25 heavy (non-hydrogen) atoms. The van der Waals surface area contributed by atoms with Gasteiger partial charge in [0.2, 0.25) is 5.89 Å². The SMILES string of the molecule is Cc1nc(SCc2nc([C@@H](C)OCC(C)C)no2)c2ccccc2n1. The molecule has 1 atom stereocenters. The van der Waals surface area contributed by atoms with E-state index >= 15 is 0 Å². The number of aromatic nitrogens is 4. The maximum Gasteiger partial charge on any atom is 0.237 e. The zero-order chi connectivity index (χ0) is 17.8. The molecule has 3 rings (SSSR count). The van der Waals surface area contributed by atoms with Gasteiger partial charge in [0.1, 0.15) is 17.0 Å². The first-order chi connectivity index (χ1) is 12.0. The lowest BCUT2D eigenvalue weighted by molar-refractivity contribution is 0.0402.